The molecule has 3 rings (SSSR count). The van der Waals surface area contributed by atoms with Crippen LogP contribution in [0.1, 0.15) is 35.6 Å². The number of ether oxygens (including phenoxy) is 1. The third kappa shape index (κ3) is 4.80. The van der Waals surface area contributed by atoms with Crippen molar-refractivity contribution in [1.82, 2.24) is 9.88 Å². The zero-order valence-corrected chi connectivity index (χ0v) is 15.2. The third-order valence-corrected chi connectivity index (χ3v) is 4.88. The molecule has 132 valence electrons. The van der Waals surface area contributed by atoms with E-state index in [4.69, 9.17) is 16.3 Å². The molecule has 2 heterocycles. The van der Waals surface area contributed by atoms with Crippen molar-refractivity contribution in [3.05, 3.63) is 64.4 Å². The number of pyridine rings is 1. The van der Waals surface area contributed by atoms with E-state index < -0.39 is 0 Å². The van der Waals surface area contributed by atoms with Crippen LogP contribution in [0.5, 0.6) is 0 Å². The number of carbonyl (C=O) groups excluding carboxylic acids is 1. The van der Waals surface area contributed by atoms with Crippen LogP contribution in [0.25, 0.3) is 0 Å². The Bertz CT molecular complexity index is 701. The first-order valence-corrected chi connectivity index (χ1v) is 8.99. The van der Waals surface area contributed by atoms with E-state index in [9.17, 15) is 4.79 Å². The van der Waals surface area contributed by atoms with E-state index in [0.29, 0.717) is 5.92 Å². The summed E-state index contributed by atoms with van der Waals surface area (Å²) in [6, 6.07) is 12.1. The number of hydrogen-bond acceptors (Lipinski definition) is 3. The van der Waals surface area contributed by atoms with E-state index in [-0.39, 0.29) is 12.5 Å². The van der Waals surface area contributed by atoms with Gasteiger partial charge in [-0.3, -0.25) is 9.78 Å². The fourth-order valence-electron chi connectivity index (χ4n) is 3.28. The maximum atomic E-state index is 12.0. The van der Waals surface area contributed by atoms with Crippen molar-refractivity contribution in [2.45, 2.75) is 25.2 Å². The van der Waals surface area contributed by atoms with Crippen molar-refractivity contribution < 1.29 is 9.53 Å². The second-order valence-electron chi connectivity index (χ2n) is 6.51. The molecule has 0 saturated carbocycles. The molecule has 1 fully saturated rings. The number of benzene rings is 1. The van der Waals surface area contributed by atoms with Gasteiger partial charge in [-0.2, -0.15) is 0 Å². The molecule has 0 spiro atoms. The normalized spacial score (nSPS) is 17.5. The van der Waals surface area contributed by atoms with Gasteiger partial charge in [-0.05, 0) is 48.6 Å². The second-order valence-corrected chi connectivity index (χ2v) is 6.94. The van der Waals surface area contributed by atoms with Gasteiger partial charge in [0.2, 0.25) is 5.91 Å². The minimum Gasteiger partial charge on any atom is -0.375 e. The molecule has 1 aliphatic heterocycles. The molecule has 0 N–H and O–H groups in total. The van der Waals surface area contributed by atoms with Gasteiger partial charge < -0.3 is 9.64 Å². The summed E-state index contributed by atoms with van der Waals surface area (Å²) in [7, 11) is 1.56. The average Bonchev–Trinajstić information content (AvgIpc) is 2.65. The van der Waals surface area contributed by atoms with Crippen molar-refractivity contribution in [2.75, 3.05) is 26.8 Å². The van der Waals surface area contributed by atoms with Gasteiger partial charge in [-0.25, -0.2) is 0 Å². The highest BCUT2D eigenvalue weighted by Crippen LogP contribution is 2.26. The molecule has 1 aromatic heterocycles. The van der Waals surface area contributed by atoms with Gasteiger partial charge in [0, 0.05) is 43.0 Å². The third-order valence-electron chi connectivity index (χ3n) is 4.63. The van der Waals surface area contributed by atoms with E-state index in [0.717, 1.165) is 43.1 Å². The molecule has 2 aromatic rings. The molecular weight excluding hydrogens is 336 g/mol. The number of likely N-dealkylation sites (tertiary alicyclic amines) is 1. The lowest BCUT2D eigenvalue weighted by Gasteiger charge is -2.32. The van der Waals surface area contributed by atoms with Gasteiger partial charge in [-0.15, -0.1) is 0 Å². The topological polar surface area (TPSA) is 42.4 Å². The highest BCUT2D eigenvalue weighted by molar-refractivity contribution is 6.30. The molecule has 1 atom stereocenters. The van der Waals surface area contributed by atoms with Crippen LogP contribution in [-0.4, -0.2) is 42.6 Å². The van der Waals surface area contributed by atoms with Crippen molar-refractivity contribution in [3.63, 3.8) is 0 Å². The summed E-state index contributed by atoms with van der Waals surface area (Å²) >= 11 is 5.93. The Hall–Kier alpha value is -1.91. The summed E-state index contributed by atoms with van der Waals surface area (Å²) in [6.07, 6.45) is 4.86. The smallest absolute Gasteiger partial charge is 0.248 e. The standard InChI is InChI=1S/C20H23ClN2O2/c1-25-14-20(24)23-10-2-3-17(13-23)19-9-6-16(12-22-19)11-15-4-7-18(21)8-5-15/h4-9,12,17H,2-3,10-11,13-14H2,1H3/t17-/m1/s1. The monoisotopic (exact) mass is 358 g/mol. The zero-order chi connectivity index (χ0) is 17.6. The largest absolute Gasteiger partial charge is 0.375 e. The van der Waals surface area contributed by atoms with Crippen LogP contribution in [0.4, 0.5) is 0 Å². The summed E-state index contributed by atoms with van der Waals surface area (Å²) in [6.45, 7) is 1.69. The highest BCUT2D eigenvalue weighted by Gasteiger charge is 2.25. The van der Waals surface area contributed by atoms with Crippen LogP contribution in [0.3, 0.4) is 0 Å². The molecule has 0 unspecified atom stereocenters. The van der Waals surface area contributed by atoms with Crippen LogP contribution < -0.4 is 0 Å². The molecular formula is C20H23ClN2O2. The Morgan fingerprint density at radius 3 is 2.68 bits per heavy atom. The average molecular weight is 359 g/mol. The Morgan fingerprint density at radius 1 is 1.24 bits per heavy atom. The molecule has 5 heteroatoms. The summed E-state index contributed by atoms with van der Waals surface area (Å²) in [5.74, 6) is 0.366. The number of nitrogens with zero attached hydrogens (tertiary/aromatic N) is 2. The van der Waals surface area contributed by atoms with Crippen molar-refractivity contribution in [1.29, 1.82) is 0 Å². The Morgan fingerprint density at radius 2 is 2.00 bits per heavy atom. The van der Waals surface area contributed by atoms with Gasteiger partial charge in [0.25, 0.3) is 0 Å². The molecule has 1 aliphatic rings. The maximum absolute atomic E-state index is 12.0. The lowest BCUT2D eigenvalue weighted by Crippen LogP contribution is -2.41. The minimum atomic E-state index is 0.0616. The van der Waals surface area contributed by atoms with E-state index in [1.54, 1.807) is 7.11 Å². The lowest BCUT2D eigenvalue weighted by molar-refractivity contribution is -0.136. The van der Waals surface area contributed by atoms with Crippen molar-refractivity contribution in [3.8, 4) is 0 Å². The van der Waals surface area contributed by atoms with E-state index in [1.807, 2.05) is 35.4 Å². The predicted octanol–water partition coefficient (Wildman–Crippen LogP) is 3.68. The maximum Gasteiger partial charge on any atom is 0.248 e. The molecule has 25 heavy (non-hydrogen) atoms. The Balaban J connectivity index is 1.63. The summed E-state index contributed by atoms with van der Waals surface area (Å²) in [5, 5.41) is 0.752. The van der Waals surface area contributed by atoms with E-state index in [1.165, 1.54) is 11.1 Å². The van der Waals surface area contributed by atoms with Crippen LogP contribution >= 0.6 is 11.6 Å². The molecule has 1 saturated heterocycles. The first-order chi connectivity index (χ1) is 12.2. The lowest BCUT2D eigenvalue weighted by atomic mass is 9.93. The highest BCUT2D eigenvalue weighted by atomic mass is 35.5. The first-order valence-electron chi connectivity index (χ1n) is 8.61. The number of amides is 1. The van der Waals surface area contributed by atoms with E-state index in [2.05, 4.69) is 17.1 Å². The summed E-state index contributed by atoms with van der Waals surface area (Å²) in [5.41, 5.74) is 3.46. The number of methoxy groups -OCH3 is 1. The molecule has 0 bridgehead atoms. The predicted molar refractivity (Wildman–Crippen MR) is 98.9 cm³/mol. The van der Waals surface area contributed by atoms with Crippen LogP contribution in [0.2, 0.25) is 5.02 Å². The van der Waals surface area contributed by atoms with Crippen molar-refractivity contribution in [2.24, 2.45) is 0 Å². The second kappa shape index (κ2) is 8.45. The summed E-state index contributed by atoms with van der Waals surface area (Å²) in [4.78, 5) is 18.6. The minimum absolute atomic E-state index is 0.0616. The number of aromatic nitrogens is 1. The van der Waals surface area contributed by atoms with Crippen LogP contribution in [-0.2, 0) is 16.0 Å². The van der Waals surface area contributed by atoms with Gasteiger partial charge >= 0.3 is 0 Å². The zero-order valence-electron chi connectivity index (χ0n) is 14.5. The fourth-order valence-corrected chi connectivity index (χ4v) is 3.41. The molecule has 0 radical (unpaired) electrons. The number of hydrogen-bond donors (Lipinski definition) is 0. The number of piperidine rings is 1. The first kappa shape index (κ1) is 17.9. The Kier molecular flexibility index (Phi) is 6.05. The van der Waals surface area contributed by atoms with Crippen molar-refractivity contribution >= 4 is 17.5 Å². The fraction of sp³-hybridized carbons (Fsp3) is 0.400. The Labute approximate surface area is 153 Å². The van der Waals surface area contributed by atoms with Crippen LogP contribution in [0, 0.1) is 0 Å². The van der Waals surface area contributed by atoms with Gasteiger partial charge in [0.05, 0.1) is 0 Å². The van der Waals surface area contributed by atoms with Gasteiger partial charge in [0.15, 0.2) is 0 Å². The van der Waals surface area contributed by atoms with Crippen LogP contribution in [0.15, 0.2) is 42.6 Å². The summed E-state index contributed by atoms with van der Waals surface area (Å²) < 4.78 is 4.96. The molecule has 0 aliphatic carbocycles. The SMILES string of the molecule is COCC(=O)N1CCC[C@@H](c2ccc(Cc3ccc(Cl)cc3)cn2)C1. The quantitative estimate of drug-likeness (QED) is 0.818. The molecule has 4 nitrogen and oxygen atoms in total. The van der Waals surface area contributed by atoms with Gasteiger partial charge in [-0.1, -0.05) is 29.8 Å². The molecule has 1 amide bonds. The van der Waals surface area contributed by atoms with Gasteiger partial charge in [0.1, 0.15) is 6.61 Å². The van der Waals surface area contributed by atoms with E-state index >= 15 is 0 Å². The number of carbonyl (C=O) groups is 1. The number of halogens is 1. The molecule has 1 aromatic carbocycles. The number of rotatable bonds is 5.